The Morgan fingerprint density at radius 1 is 1.37 bits per heavy atom. The average Bonchev–Trinajstić information content (AvgIpc) is 2.47. The van der Waals surface area contributed by atoms with Crippen molar-refractivity contribution in [2.24, 2.45) is 0 Å². The van der Waals surface area contributed by atoms with E-state index in [0.717, 1.165) is 31.5 Å². The molecule has 104 valence electrons. The SMILES string of the molecule is CCC1CN(C(=O)Cc2ccncc2)C(CC)CN1. The summed E-state index contributed by atoms with van der Waals surface area (Å²) in [7, 11) is 0. The normalized spacial score (nSPS) is 23.4. The number of pyridine rings is 1. The van der Waals surface area contributed by atoms with E-state index in [4.69, 9.17) is 0 Å². The van der Waals surface area contributed by atoms with Crippen LogP contribution in [0.15, 0.2) is 24.5 Å². The highest BCUT2D eigenvalue weighted by atomic mass is 16.2. The number of nitrogens with one attached hydrogen (secondary N) is 1. The molecular weight excluding hydrogens is 238 g/mol. The van der Waals surface area contributed by atoms with Crippen LogP contribution in [0.3, 0.4) is 0 Å². The van der Waals surface area contributed by atoms with Crippen LogP contribution in [0.4, 0.5) is 0 Å². The lowest BCUT2D eigenvalue weighted by atomic mass is 10.0. The van der Waals surface area contributed by atoms with E-state index in [1.54, 1.807) is 12.4 Å². The van der Waals surface area contributed by atoms with Crippen molar-refractivity contribution in [3.8, 4) is 0 Å². The number of amides is 1. The smallest absolute Gasteiger partial charge is 0.227 e. The van der Waals surface area contributed by atoms with E-state index in [9.17, 15) is 4.79 Å². The lowest BCUT2D eigenvalue weighted by Crippen LogP contribution is -2.58. The van der Waals surface area contributed by atoms with Crippen molar-refractivity contribution in [2.75, 3.05) is 13.1 Å². The van der Waals surface area contributed by atoms with E-state index in [1.165, 1.54) is 0 Å². The quantitative estimate of drug-likeness (QED) is 0.895. The molecule has 4 nitrogen and oxygen atoms in total. The van der Waals surface area contributed by atoms with Gasteiger partial charge in [-0.15, -0.1) is 0 Å². The van der Waals surface area contributed by atoms with E-state index in [1.807, 2.05) is 12.1 Å². The first-order chi connectivity index (χ1) is 9.24. The van der Waals surface area contributed by atoms with E-state index in [-0.39, 0.29) is 5.91 Å². The fourth-order valence-corrected chi connectivity index (χ4v) is 2.58. The summed E-state index contributed by atoms with van der Waals surface area (Å²) in [6.07, 6.45) is 6.04. The van der Waals surface area contributed by atoms with Gasteiger partial charge in [0.2, 0.25) is 5.91 Å². The molecule has 0 spiro atoms. The monoisotopic (exact) mass is 261 g/mol. The van der Waals surface area contributed by atoms with E-state index in [2.05, 4.69) is 29.0 Å². The number of rotatable bonds is 4. The van der Waals surface area contributed by atoms with Gasteiger partial charge in [0.1, 0.15) is 0 Å². The van der Waals surface area contributed by atoms with Crippen molar-refractivity contribution < 1.29 is 4.79 Å². The molecule has 1 amide bonds. The van der Waals surface area contributed by atoms with Gasteiger partial charge in [0.25, 0.3) is 0 Å². The van der Waals surface area contributed by atoms with Crippen LogP contribution in [0.1, 0.15) is 32.3 Å². The third kappa shape index (κ3) is 3.53. The maximum Gasteiger partial charge on any atom is 0.227 e. The standard InChI is InChI=1S/C15H23N3O/c1-3-13-11-18(14(4-2)10-17-13)15(19)9-12-5-7-16-8-6-12/h5-8,13-14,17H,3-4,9-11H2,1-2H3. The summed E-state index contributed by atoms with van der Waals surface area (Å²) in [4.78, 5) is 18.5. The molecule has 2 heterocycles. The number of nitrogens with zero attached hydrogens (tertiary/aromatic N) is 2. The van der Waals surface area contributed by atoms with E-state index in [0.29, 0.717) is 18.5 Å². The predicted molar refractivity (Wildman–Crippen MR) is 75.8 cm³/mol. The van der Waals surface area contributed by atoms with Gasteiger partial charge in [0.15, 0.2) is 0 Å². The summed E-state index contributed by atoms with van der Waals surface area (Å²) < 4.78 is 0. The van der Waals surface area contributed by atoms with Crippen LogP contribution < -0.4 is 5.32 Å². The molecule has 0 aromatic carbocycles. The topological polar surface area (TPSA) is 45.2 Å². The number of carbonyl (C=O) groups excluding carboxylic acids is 1. The third-order valence-corrected chi connectivity index (χ3v) is 3.89. The first-order valence-corrected chi connectivity index (χ1v) is 7.16. The van der Waals surface area contributed by atoms with Gasteiger partial charge in [-0.1, -0.05) is 13.8 Å². The summed E-state index contributed by atoms with van der Waals surface area (Å²) in [5.41, 5.74) is 1.04. The highest BCUT2D eigenvalue weighted by molar-refractivity contribution is 5.79. The second-order valence-electron chi connectivity index (χ2n) is 5.15. The van der Waals surface area contributed by atoms with Crippen LogP contribution in [0.2, 0.25) is 0 Å². The molecule has 4 heteroatoms. The Kier molecular flexibility index (Phi) is 4.91. The van der Waals surface area contributed by atoms with Crippen LogP contribution in [-0.2, 0) is 11.2 Å². The highest BCUT2D eigenvalue weighted by Gasteiger charge is 2.29. The lowest BCUT2D eigenvalue weighted by Gasteiger charge is -2.40. The zero-order valence-corrected chi connectivity index (χ0v) is 11.8. The first kappa shape index (κ1) is 14.0. The molecule has 19 heavy (non-hydrogen) atoms. The molecule has 2 atom stereocenters. The average molecular weight is 261 g/mol. The maximum absolute atomic E-state index is 12.5. The molecule has 1 N–H and O–H groups in total. The minimum absolute atomic E-state index is 0.234. The maximum atomic E-state index is 12.5. The Labute approximate surface area is 115 Å². The van der Waals surface area contributed by atoms with Crippen LogP contribution >= 0.6 is 0 Å². The van der Waals surface area contributed by atoms with Gasteiger partial charge in [0.05, 0.1) is 6.42 Å². The molecule has 1 aromatic heterocycles. The molecular formula is C15H23N3O. The van der Waals surface area contributed by atoms with Gasteiger partial charge in [-0.25, -0.2) is 0 Å². The number of piperazine rings is 1. The van der Waals surface area contributed by atoms with Gasteiger partial charge in [-0.3, -0.25) is 9.78 Å². The van der Waals surface area contributed by atoms with Crippen LogP contribution in [-0.4, -0.2) is 41.0 Å². The number of aromatic nitrogens is 1. The second kappa shape index (κ2) is 6.66. The van der Waals surface area contributed by atoms with Crippen molar-refractivity contribution in [1.29, 1.82) is 0 Å². The van der Waals surface area contributed by atoms with Crippen LogP contribution in [0, 0.1) is 0 Å². The van der Waals surface area contributed by atoms with Gasteiger partial charge in [0, 0.05) is 37.6 Å². The Hall–Kier alpha value is -1.42. The van der Waals surface area contributed by atoms with Gasteiger partial charge >= 0.3 is 0 Å². The lowest BCUT2D eigenvalue weighted by molar-refractivity contribution is -0.134. The Balaban J connectivity index is 2.02. The van der Waals surface area contributed by atoms with Crippen molar-refractivity contribution in [1.82, 2.24) is 15.2 Å². The fourth-order valence-electron chi connectivity index (χ4n) is 2.58. The molecule has 0 bridgehead atoms. The van der Waals surface area contributed by atoms with Crippen molar-refractivity contribution >= 4 is 5.91 Å². The van der Waals surface area contributed by atoms with Crippen molar-refractivity contribution in [3.63, 3.8) is 0 Å². The van der Waals surface area contributed by atoms with Gasteiger partial charge in [-0.05, 0) is 30.5 Å². The number of carbonyl (C=O) groups is 1. The summed E-state index contributed by atoms with van der Waals surface area (Å²) >= 11 is 0. The van der Waals surface area contributed by atoms with E-state index < -0.39 is 0 Å². The van der Waals surface area contributed by atoms with Crippen molar-refractivity contribution in [2.45, 2.75) is 45.2 Å². The van der Waals surface area contributed by atoms with Gasteiger partial charge in [-0.2, -0.15) is 0 Å². The zero-order valence-electron chi connectivity index (χ0n) is 11.8. The Bertz CT molecular complexity index is 407. The second-order valence-corrected chi connectivity index (χ2v) is 5.15. The molecule has 2 unspecified atom stereocenters. The molecule has 1 aliphatic heterocycles. The molecule has 0 radical (unpaired) electrons. The third-order valence-electron chi connectivity index (χ3n) is 3.89. The van der Waals surface area contributed by atoms with Crippen LogP contribution in [0.5, 0.6) is 0 Å². The largest absolute Gasteiger partial charge is 0.337 e. The Morgan fingerprint density at radius 2 is 2.11 bits per heavy atom. The number of hydrogen-bond acceptors (Lipinski definition) is 3. The summed E-state index contributed by atoms with van der Waals surface area (Å²) in [5, 5.41) is 3.51. The molecule has 1 aliphatic rings. The fraction of sp³-hybridized carbons (Fsp3) is 0.600. The molecule has 0 saturated carbocycles. The minimum atomic E-state index is 0.234. The molecule has 1 fully saturated rings. The highest BCUT2D eigenvalue weighted by Crippen LogP contribution is 2.14. The minimum Gasteiger partial charge on any atom is -0.337 e. The summed E-state index contributed by atoms with van der Waals surface area (Å²) in [6, 6.07) is 4.60. The molecule has 0 aliphatic carbocycles. The predicted octanol–water partition coefficient (Wildman–Crippen LogP) is 1.61. The van der Waals surface area contributed by atoms with E-state index >= 15 is 0 Å². The molecule has 1 aromatic rings. The van der Waals surface area contributed by atoms with Crippen molar-refractivity contribution in [3.05, 3.63) is 30.1 Å². The first-order valence-electron chi connectivity index (χ1n) is 7.16. The Morgan fingerprint density at radius 3 is 2.74 bits per heavy atom. The summed E-state index contributed by atoms with van der Waals surface area (Å²) in [5.74, 6) is 0.234. The zero-order chi connectivity index (χ0) is 13.7. The number of hydrogen-bond donors (Lipinski definition) is 1. The van der Waals surface area contributed by atoms with Gasteiger partial charge < -0.3 is 10.2 Å². The molecule has 1 saturated heterocycles. The molecule has 2 rings (SSSR count). The van der Waals surface area contributed by atoms with Crippen LogP contribution in [0.25, 0.3) is 0 Å². The summed E-state index contributed by atoms with van der Waals surface area (Å²) in [6.45, 7) is 6.05.